The fourth-order valence-corrected chi connectivity index (χ4v) is 1.69. The van der Waals surface area contributed by atoms with Crippen LogP contribution >= 0.6 is 24.0 Å². The van der Waals surface area contributed by atoms with E-state index in [1.807, 2.05) is 32.3 Å². The van der Waals surface area contributed by atoms with E-state index in [0.29, 0.717) is 25.7 Å². The Bertz CT molecular complexity index is 450. The second-order valence-electron chi connectivity index (χ2n) is 4.36. The number of benzene rings is 1. The van der Waals surface area contributed by atoms with Crippen LogP contribution < -0.4 is 15.2 Å². The highest BCUT2D eigenvalue weighted by atomic mass is 127. The Labute approximate surface area is 130 Å². The fourth-order valence-electron chi connectivity index (χ4n) is 1.69. The lowest BCUT2D eigenvalue weighted by atomic mass is 10.2. The lowest BCUT2D eigenvalue weighted by Gasteiger charge is -2.13. The van der Waals surface area contributed by atoms with E-state index in [1.54, 1.807) is 4.90 Å². The molecular weight excluding hydrogens is 357 g/mol. The largest absolute Gasteiger partial charge is 0.490 e. The Kier molecular flexibility index (Phi) is 6.20. The predicted molar refractivity (Wildman–Crippen MR) is 86.5 cm³/mol. The van der Waals surface area contributed by atoms with E-state index >= 15 is 0 Å². The number of ether oxygens (including phenoxy) is 2. The van der Waals surface area contributed by atoms with Gasteiger partial charge in [0.05, 0.1) is 19.8 Å². The maximum atomic E-state index is 5.78. The second kappa shape index (κ2) is 7.42. The van der Waals surface area contributed by atoms with E-state index in [9.17, 15) is 0 Å². The molecule has 0 radical (unpaired) electrons. The van der Waals surface area contributed by atoms with Crippen LogP contribution in [0.5, 0.6) is 11.5 Å². The fraction of sp³-hybridized carbons (Fsp3) is 0.462. The molecule has 2 N–H and O–H groups in total. The summed E-state index contributed by atoms with van der Waals surface area (Å²) in [5, 5.41) is 0. The zero-order valence-electron chi connectivity index (χ0n) is 11.3. The number of aliphatic imine (C=N–C) groups is 1. The third kappa shape index (κ3) is 4.15. The molecule has 0 aliphatic carbocycles. The van der Waals surface area contributed by atoms with Gasteiger partial charge in [-0.2, -0.15) is 0 Å². The van der Waals surface area contributed by atoms with Crippen LogP contribution in [0.3, 0.4) is 0 Å². The van der Waals surface area contributed by atoms with Gasteiger partial charge in [0.1, 0.15) is 0 Å². The van der Waals surface area contributed by atoms with Crippen LogP contribution in [0.15, 0.2) is 23.2 Å². The van der Waals surface area contributed by atoms with E-state index in [-0.39, 0.29) is 24.0 Å². The first-order valence-electron chi connectivity index (χ1n) is 6.03. The molecule has 0 amide bonds. The normalized spacial score (nSPS) is 14.3. The summed E-state index contributed by atoms with van der Waals surface area (Å²) in [5.41, 5.74) is 6.77. The molecule has 5 nitrogen and oxygen atoms in total. The van der Waals surface area contributed by atoms with Crippen LogP contribution in [0, 0.1) is 0 Å². The number of hydrogen-bond donors (Lipinski definition) is 1. The molecule has 1 heterocycles. The summed E-state index contributed by atoms with van der Waals surface area (Å²) in [5.74, 6) is 2.09. The zero-order valence-corrected chi connectivity index (χ0v) is 13.6. The highest BCUT2D eigenvalue weighted by Gasteiger charge is 2.14. The Hall–Kier alpha value is -1.18. The van der Waals surface area contributed by atoms with Crippen molar-refractivity contribution in [1.82, 2.24) is 4.90 Å². The summed E-state index contributed by atoms with van der Waals surface area (Å²) < 4.78 is 11.4. The van der Waals surface area contributed by atoms with Gasteiger partial charge in [-0.25, -0.2) is 4.99 Å². The first kappa shape index (κ1) is 15.9. The van der Waals surface area contributed by atoms with Crippen molar-refractivity contribution in [2.45, 2.75) is 13.0 Å². The molecule has 0 fully saturated rings. The predicted octanol–water partition coefficient (Wildman–Crippen LogP) is 1.84. The van der Waals surface area contributed by atoms with Gasteiger partial charge >= 0.3 is 0 Å². The van der Waals surface area contributed by atoms with E-state index in [1.165, 1.54) is 0 Å². The van der Waals surface area contributed by atoms with Crippen molar-refractivity contribution in [1.29, 1.82) is 0 Å². The maximum absolute atomic E-state index is 5.78. The lowest BCUT2D eigenvalue weighted by Crippen LogP contribution is -2.30. The molecule has 6 heteroatoms. The summed E-state index contributed by atoms with van der Waals surface area (Å²) in [6.45, 7) is 1.87. The molecule has 1 aliphatic heterocycles. The Morgan fingerprint density at radius 2 is 2.05 bits per heavy atom. The number of rotatable bonds is 2. The van der Waals surface area contributed by atoms with Crippen LogP contribution in [0.1, 0.15) is 12.0 Å². The molecule has 1 aromatic carbocycles. The van der Waals surface area contributed by atoms with Crippen molar-refractivity contribution in [3.05, 3.63) is 23.8 Å². The number of guanidine groups is 1. The lowest BCUT2D eigenvalue weighted by molar-refractivity contribution is 0.296. The molecule has 0 saturated carbocycles. The summed E-state index contributed by atoms with van der Waals surface area (Å²) in [7, 11) is 3.73. The van der Waals surface area contributed by atoms with E-state index in [4.69, 9.17) is 15.2 Å². The SMILES string of the molecule is CN(C)C(N)=NCc1cccc2c1OCCCO2.I. The van der Waals surface area contributed by atoms with Gasteiger partial charge in [-0.15, -0.1) is 24.0 Å². The molecule has 1 aliphatic rings. The minimum absolute atomic E-state index is 0. The second-order valence-corrected chi connectivity index (χ2v) is 4.36. The van der Waals surface area contributed by atoms with Gasteiger partial charge in [0.25, 0.3) is 0 Å². The van der Waals surface area contributed by atoms with Crippen molar-refractivity contribution < 1.29 is 9.47 Å². The molecule has 0 saturated heterocycles. The van der Waals surface area contributed by atoms with Crippen molar-refractivity contribution in [3.8, 4) is 11.5 Å². The minimum Gasteiger partial charge on any atom is -0.490 e. The van der Waals surface area contributed by atoms with Crippen LogP contribution in [0.4, 0.5) is 0 Å². The number of fused-ring (bicyclic) bond motifs is 1. The van der Waals surface area contributed by atoms with Crippen LogP contribution in [-0.4, -0.2) is 38.2 Å². The zero-order chi connectivity index (χ0) is 13.0. The van der Waals surface area contributed by atoms with Gasteiger partial charge in [-0.05, 0) is 6.07 Å². The van der Waals surface area contributed by atoms with Gasteiger partial charge in [0.15, 0.2) is 17.5 Å². The highest BCUT2D eigenvalue weighted by molar-refractivity contribution is 14.0. The molecular formula is C13H20IN3O2. The van der Waals surface area contributed by atoms with Gasteiger partial charge < -0.3 is 20.1 Å². The first-order chi connectivity index (χ1) is 8.68. The molecule has 0 unspecified atom stereocenters. The molecule has 0 aromatic heterocycles. The topological polar surface area (TPSA) is 60.1 Å². The quantitative estimate of drug-likeness (QED) is 0.486. The molecule has 106 valence electrons. The number of nitrogens with zero attached hydrogens (tertiary/aromatic N) is 2. The van der Waals surface area contributed by atoms with Crippen LogP contribution in [0.25, 0.3) is 0 Å². The molecule has 19 heavy (non-hydrogen) atoms. The van der Waals surface area contributed by atoms with E-state index in [2.05, 4.69) is 4.99 Å². The summed E-state index contributed by atoms with van der Waals surface area (Å²) in [4.78, 5) is 6.09. The highest BCUT2D eigenvalue weighted by Crippen LogP contribution is 2.33. The van der Waals surface area contributed by atoms with E-state index in [0.717, 1.165) is 23.5 Å². The third-order valence-electron chi connectivity index (χ3n) is 2.72. The van der Waals surface area contributed by atoms with Crippen molar-refractivity contribution in [2.24, 2.45) is 10.7 Å². The molecule has 0 spiro atoms. The average molecular weight is 377 g/mol. The Morgan fingerprint density at radius 3 is 2.79 bits per heavy atom. The van der Waals surface area contributed by atoms with Gasteiger partial charge in [-0.1, -0.05) is 12.1 Å². The molecule has 0 bridgehead atoms. The number of nitrogens with two attached hydrogens (primary N) is 1. The summed E-state index contributed by atoms with van der Waals surface area (Å²) >= 11 is 0. The first-order valence-corrected chi connectivity index (χ1v) is 6.03. The molecule has 2 rings (SSSR count). The van der Waals surface area contributed by atoms with Crippen molar-refractivity contribution >= 4 is 29.9 Å². The van der Waals surface area contributed by atoms with Gasteiger partial charge in [0.2, 0.25) is 0 Å². The monoisotopic (exact) mass is 377 g/mol. The minimum atomic E-state index is 0. The number of para-hydroxylation sites is 1. The smallest absolute Gasteiger partial charge is 0.191 e. The number of hydrogen-bond acceptors (Lipinski definition) is 3. The van der Waals surface area contributed by atoms with E-state index < -0.39 is 0 Å². The molecule has 1 aromatic rings. The Morgan fingerprint density at radius 1 is 1.32 bits per heavy atom. The number of halogens is 1. The molecule has 0 atom stereocenters. The van der Waals surface area contributed by atoms with Crippen molar-refractivity contribution in [2.75, 3.05) is 27.3 Å². The van der Waals surface area contributed by atoms with Crippen molar-refractivity contribution in [3.63, 3.8) is 0 Å². The summed E-state index contributed by atoms with van der Waals surface area (Å²) in [6.07, 6.45) is 0.900. The van der Waals surface area contributed by atoms with Crippen LogP contribution in [0.2, 0.25) is 0 Å². The van der Waals surface area contributed by atoms with Gasteiger partial charge in [-0.3, -0.25) is 0 Å². The average Bonchev–Trinajstić information content (AvgIpc) is 2.61. The maximum Gasteiger partial charge on any atom is 0.191 e. The van der Waals surface area contributed by atoms with Gasteiger partial charge in [0, 0.05) is 26.1 Å². The third-order valence-corrected chi connectivity index (χ3v) is 2.72. The Balaban J connectivity index is 0.00000180. The summed E-state index contributed by atoms with van der Waals surface area (Å²) in [6, 6.07) is 5.85. The standard InChI is InChI=1S/C13H19N3O2.HI/c1-16(2)13(14)15-9-10-5-3-6-11-12(10)18-8-4-7-17-11;/h3,5-6H,4,7-9H2,1-2H3,(H2,14,15);1H. The van der Waals surface area contributed by atoms with Crippen LogP contribution in [-0.2, 0) is 6.54 Å².